The van der Waals surface area contributed by atoms with E-state index in [0.29, 0.717) is 24.7 Å². The number of nitrogens with zero attached hydrogens (tertiary/aromatic N) is 3. The van der Waals surface area contributed by atoms with Gasteiger partial charge in [-0.3, -0.25) is 4.72 Å². The summed E-state index contributed by atoms with van der Waals surface area (Å²) in [4.78, 5) is 2.20. The molecule has 1 aliphatic heterocycles. The molecule has 8 nitrogen and oxygen atoms in total. The summed E-state index contributed by atoms with van der Waals surface area (Å²) in [5.41, 5.74) is 3.02. The molecule has 0 spiro atoms. The second kappa shape index (κ2) is 9.10. The lowest BCUT2D eigenvalue weighted by Crippen LogP contribution is -2.36. The van der Waals surface area contributed by atoms with Gasteiger partial charge in [-0.2, -0.15) is 5.10 Å². The highest BCUT2D eigenvalue weighted by atomic mass is 32.2. The highest BCUT2D eigenvalue weighted by Gasteiger charge is 2.13. The minimum absolute atomic E-state index is 0.0717. The van der Waals surface area contributed by atoms with E-state index in [1.54, 1.807) is 42.6 Å². The highest BCUT2D eigenvalue weighted by Crippen LogP contribution is 2.22. The van der Waals surface area contributed by atoms with Crippen molar-refractivity contribution in [3.8, 4) is 0 Å². The van der Waals surface area contributed by atoms with Crippen LogP contribution >= 0.6 is 0 Å². The number of aromatic nitrogens is 2. The molecular weight excluding hydrogens is 402 g/mol. The van der Waals surface area contributed by atoms with Crippen LogP contribution in [0.15, 0.2) is 66.9 Å². The number of sulfonamides is 1. The van der Waals surface area contributed by atoms with Crippen LogP contribution in [0.3, 0.4) is 0 Å². The lowest BCUT2D eigenvalue weighted by atomic mass is 10.2. The Bertz CT molecular complexity index is 1070. The van der Waals surface area contributed by atoms with Gasteiger partial charge >= 0.3 is 0 Å². The van der Waals surface area contributed by atoms with E-state index in [1.807, 2.05) is 24.3 Å². The van der Waals surface area contributed by atoms with Crippen molar-refractivity contribution in [3.05, 3.63) is 72.4 Å². The van der Waals surface area contributed by atoms with Crippen molar-refractivity contribution in [1.82, 2.24) is 10.2 Å². The van der Waals surface area contributed by atoms with Crippen molar-refractivity contribution in [2.24, 2.45) is 0 Å². The summed E-state index contributed by atoms with van der Waals surface area (Å²) in [5, 5.41) is 11.4. The molecule has 3 aromatic rings. The monoisotopic (exact) mass is 425 g/mol. The highest BCUT2D eigenvalue weighted by molar-refractivity contribution is 7.91. The molecular formula is C21H23N5O3S. The fourth-order valence-electron chi connectivity index (χ4n) is 3.19. The molecule has 2 heterocycles. The van der Waals surface area contributed by atoms with Crippen LogP contribution in [-0.4, -0.2) is 44.9 Å². The fraction of sp³-hybridized carbons (Fsp3) is 0.238. The maximum absolute atomic E-state index is 12.4. The van der Waals surface area contributed by atoms with Crippen LogP contribution in [0, 0.1) is 0 Å². The van der Waals surface area contributed by atoms with Crippen LogP contribution < -0.4 is 14.9 Å². The first-order valence-electron chi connectivity index (χ1n) is 9.64. The Morgan fingerprint density at radius 1 is 0.967 bits per heavy atom. The number of nitrogens with one attached hydrogen (secondary N) is 2. The second-order valence-electron chi connectivity index (χ2n) is 6.95. The molecule has 1 aliphatic rings. The molecule has 30 heavy (non-hydrogen) atoms. The third-order valence-corrected chi connectivity index (χ3v) is 5.91. The van der Waals surface area contributed by atoms with Gasteiger partial charge in [0.25, 0.3) is 0 Å². The molecule has 0 aliphatic carbocycles. The molecule has 0 radical (unpaired) electrons. The fourth-order valence-corrected chi connectivity index (χ4v) is 4.39. The first kappa shape index (κ1) is 20.1. The van der Waals surface area contributed by atoms with Crippen molar-refractivity contribution in [3.63, 3.8) is 0 Å². The zero-order chi connectivity index (χ0) is 20.8. The Labute approximate surface area is 176 Å². The van der Waals surface area contributed by atoms with Gasteiger partial charge in [0.1, 0.15) is 0 Å². The number of hydrogen-bond acceptors (Lipinski definition) is 7. The number of benzene rings is 2. The Kier molecular flexibility index (Phi) is 6.10. The number of anilines is 4. The molecule has 4 rings (SSSR count). The summed E-state index contributed by atoms with van der Waals surface area (Å²) in [7, 11) is -3.49. The standard InChI is InChI=1S/C21H23N5O3S/c27-30(28,16-17-4-2-1-3-5-17)25-19-8-6-18(7-9-19)23-21-14-20(15-22-24-21)26-10-12-29-13-11-26/h1-9,14-15,25H,10-13,16H2,(H,23,24). The SMILES string of the molecule is O=S(=O)(Cc1ccccc1)Nc1ccc(Nc2cc(N3CCOCC3)cnn2)cc1. The first-order chi connectivity index (χ1) is 14.6. The second-order valence-corrected chi connectivity index (χ2v) is 8.67. The zero-order valence-electron chi connectivity index (χ0n) is 16.4. The number of hydrogen-bond donors (Lipinski definition) is 2. The van der Waals surface area contributed by atoms with Gasteiger partial charge in [0.15, 0.2) is 5.82 Å². The van der Waals surface area contributed by atoms with E-state index in [1.165, 1.54) is 0 Å². The van der Waals surface area contributed by atoms with E-state index in [2.05, 4.69) is 25.1 Å². The normalized spacial score (nSPS) is 14.3. The predicted octanol–water partition coefficient (Wildman–Crippen LogP) is 3.00. The summed E-state index contributed by atoms with van der Waals surface area (Å²) in [6.45, 7) is 3.05. The van der Waals surface area contributed by atoms with Gasteiger partial charge in [-0.1, -0.05) is 30.3 Å². The predicted molar refractivity (Wildman–Crippen MR) is 117 cm³/mol. The number of ether oxygens (including phenoxy) is 1. The van der Waals surface area contributed by atoms with Crippen molar-refractivity contribution in [1.29, 1.82) is 0 Å². The largest absolute Gasteiger partial charge is 0.378 e. The van der Waals surface area contributed by atoms with Gasteiger partial charge < -0.3 is 15.0 Å². The van der Waals surface area contributed by atoms with E-state index < -0.39 is 10.0 Å². The van der Waals surface area contributed by atoms with E-state index in [-0.39, 0.29) is 5.75 Å². The smallest absolute Gasteiger partial charge is 0.236 e. The van der Waals surface area contributed by atoms with E-state index in [9.17, 15) is 8.42 Å². The van der Waals surface area contributed by atoms with Gasteiger partial charge in [0.2, 0.25) is 10.0 Å². The molecule has 0 atom stereocenters. The lowest BCUT2D eigenvalue weighted by Gasteiger charge is -2.28. The minimum Gasteiger partial charge on any atom is -0.378 e. The Hall–Kier alpha value is -3.17. The van der Waals surface area contributed by atoms with Crippen molar-refractivity contribution in [2.45, 2.75) is 5.75 Å². The first-order valence-corrected chi connectivity index (χ1v) is 11.3. The average Bonchev–Trinajstić information content (AvgIpc) is 2.76. The van der Waals surface area contributed by atoms with Crippen LogP contribution in [0.2, 0.25) is 0 Å². The van der Waals surface area contributed by atoms with E-state index in [4.69, 9.17) is 4.74 Å². The molecule has 2 aromatic carbocycles. The Morgan fingerprint density at radius 3 is 2.40 bits per heavy atom. The molecule has 2 N–H and O–H groups in total. The maximum Gasteiger partial charge on any atom is 0.236 e. The van der Waals surface area contributed by atoms with Gasteiger partial charge in [-0.15, -0.1) is 5.10 Å². The Morgan fingerprint density at radius 2 is 1.67 bits per heavy atom. The zero-order valence-corrected chi connectivity index (χ0v) is 17.2. The molecule has 156 valence electrons. The van der Waals surface area contributed by atoms with E-state index >= 15 is 0 Å². The minimum atomic E-state index is -3.49. The topological polar surface area (TPSA) is 96.5 Å². The molecule has 9 heteroatoms. The molecule has 1 aromatic heterocycles. The van der Waals surface area contributed by atoms with Gasteiger partial charge in [-0.05, 0) is 29.8 Å². The quantitative estimate of drug-likeness (QED) is 0.601. The van der Waals surface area contributed by atoms with Crippen molar-refractivity contribution >= 4 is 32.9 Å². The third kappa shape index (κ3) is 5.46. The van der Waals surface area contributed by atoms with Crippen LogP contribution in [0.5, 0.6) is 0 Å². The molecule has 1 fully saturated rings. The summed E-state index contributed by atoms with van der Waals surface area (Å²) in [6, 6.07) is 18.0. The number of morpholine rings is 1. The van der Waals surface area contributed by atoms with Crippen LogP contribution in [0.4, 0.5) is 22.9 Å². The van der Waals surface area contributed by atoms with Crippen LogP contribution in [0.25, 0.3) is 0 Å². The summed E-state index contributed by atoms with van der Waals surface area (Å²) < 4.78 is 32.7. The average molecular weight is 426 g/mol. The molecule has 1 saturated heterocycles. The lowest BCUT2D eigenvalue weighted by molar-refractivity contribution is 0.122. The molecule has 0 saturated carbocycles. The molecule has 0 amide bonds. The van der Waals surface area contributed by atoms with Gasteiger partial charge in [0.05, 0.1) is 30.9 Å². The van der Waals surface area contributed by atoms with Crippen molar-refractivity contribution < 1.29 is 13.2 Å². The molecule has 0 unspecified atom stereocenters. The Balaban J connectivity index is 1.39. The van der Waals surface area contributed by atoms with E-state index in [0.717, 1.165) is 30.0 Å². The van der Waals surface area contributed by atoms with Crippen LogP contribution in [0.1, 0.15) is 5.56 Å². The van der Waals surface area contributed by atoms with Gasteiger partial charge in [0, 0.05) is 30.5 Å². The summed E-state index contributed by atoms with van der Waals surface area (Å²) >= 11 is 0. The number of rotatable bonds is 7. The molecule has 0 bridgehead atoms. The van der Waals surface area contributed by atoms with Crippen molar-refractivity contribution in [2.75, 3.05) is 41.2 Å². The summed E-state index contributed by atoms with van der Waals surface area (Å²) in [6.07, 6.45) is 1.74. The maximum atomic E-state index is 12.4. The van der Waals surface area contributed by atoms with Crippen LogP contribution in [-0.2, 0) is 20.5 Å². The van der Waals surface area contributed by atoms with Gasteiger partial charge in [-0.25, -0.2) is 8.42 Å². The summed E-state index contributed by atoms with van der Waals surface area (Å²) in [5.74, 6) is 0.550. The third-order valence-electron chi connectivity index (χ3n) is 4.65.